The number of amides is 1. The standard InChI is InChI=1S/C26H23FN2O4S/c1-31-20-12-10-18(11-13-20)16-23-25(30)29(19-6-5-7-21(17-19)32-2)26(28-23)34-15-14-33-24-9-4-3-8-22(24)27/h3-13,16-17H,14-15H2,1-2H3/b23-16-. The lowest BCUT2D eigenvalue weighted by atomic mass is 10.2. The summed E-state index contributed by atoms with van der Waals surface area (Å²) in [6.45, 7) is 0.252. The normalized spacial score (nSPS) is 14.3. The molecule has 0 saturated heterocycles. The Kier molecular flexibility index (Phi) is 7.49. The second-order valence-corrected chi connectivity index (χ2v) is 8.23. The number of hydrogen-bond acceptors (Lipinski definition) is 6. The van der Waals surface area contributed by atoms with Crippen molar-refractivity contribution in [1.29, 1.82) is 0 Å². The van der Waals surface area contributed by atoms with E-state index in [2.05, 4.69) is 4.99 Å². The van der Waals surface area contributed by atoms with Crippen LogP contribution in [-0.4, -0.2) is 37.7 Å². The maximum absolute atomic E-state index is 13.8. The maximum atomic E-state index is 13.8. The van der Waals surface area contributed by atoms with E-state index in [9.17, 15) is 9.18 Å². The summed E-state index contributed by atoms with van der Waals surface area (Å²) >= 11 is 1.36. The van der Waals surface area contributed by atoms with Crippen molar-refractivity contribution in [3.05, 3.63) is 89.9 Å². The van der Waals surface area contributed by atoms with E-state index in [-0.39, 0.29) is 18.3 Å². The lowest BCUT2D eigenvalue weighted by Gasteiger charge is -2.18. The van der Waals surface area contributed by atoms with Crippen molar-refractivity contribution >= 4 is 34.6 Å². The first-order chi connectivity index (χ1) is 16.6. The van der Waals surface area contributed by atoms with Crippen LogP contribution in [0.4, 0.5) is 10.1 Å². The second-order valence-electron chi connectivity index (χ2n) is 7.17. The molecular formula is C26H23FN2O4S. The van der Waals surface area contributed by atoms with E-state index in [1.54, 1.807) is 49.5 Å². The number of carbonyl (C=O) groups is 1. The van der Waals surface area contributed by atoms with Gasteiger partial charge in [0, 0.05) is 11.8 Å². The molecule has 34 heavy (non-hydrogen) atoms. The summed E-state index contributed by atoms with van der Waals surface area (Å²) in [6, 6.07) is 20.8. The van der Waals surface area contributed by atoms with E-state index < -0.39 is 5.82 Å². The summed E-state index contributed by atoms with van der Waals surface area (Å²) in [6.07, 6.45) is 1.73. The van der Waals surface area contributed by atoms with Gasteiger partial charge in [-0.25, -0.2) is 9.38 Å². The Hall–Kier alpha value is -3.78. The van der Waals surface area contributed by atoms with E-state index in [4.69, 9.17) is 14.2 Å². The zero-order valence-electron chi connectivity index (χ0n) is 18.7. The van der Waals surface area contributed by atoms with E-state index in [1.807, 2.05) is 42.5 Å². The number of thioether (sulfide) groups is 1. The van der Waals surface area contributed by atoms with Gasteiger partial charge in [0.15, 0.2) is 16.7 Å². The topological polar surface area (TPSA) is 60.4 Å². The highest BCUT2D eigenvalue weighted by Gasteiger charge is 2.32. The Bertz CT molecular complexity index is 1230. The van der Waals surface area contributed by atoms with Crippen LogP contribution in [0.1, 0.15) is 5.56 Å². The third kappa shape index (κ3) is 5.40. The molecule has 0 N–H and O–H groups in total. The van der Waals surface area contributed by atoms with Gasteiger partial charge >= 0.3 is 0 Å². The number of para-hydroxylation sites is 1. The molecule has 0 saturated carbocycles. The van der Waals surface area contributed by atoms with Crippen LogP contribution in [0.2, 0.25) is 0 Å². The number of ether oxygens (including phenoxy) is 3. The van der Waals surface area contributed by atoms with Gasteiger partial charge in [0.05, 0.1) is 26.5 Å². The highest BCUT2D eigenvalue weighted by molar-refractivity contribution is 8.14. The molecule has 0 spiro atoms. The fourth-order valence-electron chi connectivity index (χ4n) is 3.27. The Morgan fingerprint density at radius 1 is 0.971 bits per heavy atom. The Labute approximate surface area is 201 Å². The van der Waals surface area contributed by atoms with Crippen LogP contribution in [-0.2, 0) is 4.79 Å². The number of methoxy groups -OCH3 is 2. The average molecular weight is 479 g/mol. The molecule has 6 nitrogen and oxygen atoms in total. The van der Waals surface area contributed by atoms with Gasteiger partial charge in [0.2, 0.25) is 0 Å². The maximum Gasteiger partial charge on any atom is 0.283 e. The quantitative estimate of drug-likeness (QED) is 0.321. The van der Waals surface area contributed by atoms with Gasteiger partial charge in [0.25, 0.3) is 5.91 Å². The van der Waals surface area contributed by atoms with E-state index >= 15 is 0 Å². The molecule has 1 aliphatic rings. The minimum Gasteiger partial charge on any atom is -0.497 e. The molecule has 1 amide bonds. The molecule has 0 aliphatic carbocycles. The smallest absolute Gasteiger partial charge is 0.283 e. The summed E-state index contributed by atoms with van der Waals surface area (Å²) < 4.78 is 29.9. The largest absolute Gasteiger partial charge is 0.497 e. The highest BCUT2D eigenvalue weighted by atomic mass is 32.2. The molecule has 4 rings (SSSR count). The molecule has 0 atom stereocenters. The van der Waals surface area contributed by atoms with Crippen LogP contribution >= 0.6 is 11.8 Å². The van der Waals surface area contributed by atoms with E-state index in [0.717, 1.165) is 11.3 Å². The van der Waals surface area contributed by atoms with Gasteiger partial charge in [-0.15, -0.1) is 0 Å². The van der Waals surface area contributed by atoms with Crippen LogP contribution in [0.15, 0.2) is 83.5 Å². The summed E-state index contributed by atoms with van der Waals surface area (Å²) in [4.78, 5) is 19.5. The average Bonchev–Trinajstić information content (AvgIpc) is 3.18. The molecule has 0 unspecified atom stereocenters. The molecule has 0 aromatic heterocycles. The van der Waals surface area contributed by atoms with Gasteiger partial charge in [-0.2, -0.15) is 0 Å². The predicted octanol–water partition coefficient (Wildman–Crippen LogP) is 5.40. The van der Waals surface area contributed by atoms with Gasteiger partial charge in [0.1, 0.15) is 17.2 Å². The molecule has 0 fully saturated rings. The number of aliphatic imine (C=N–C) groups is 1. The second kappa shape index (κ2) is 10.9. The van der Waals surface area contributed by atoms with Gasteiger partial charge in [-0.1, -0.05) is 42.1 Å². The van der Waals surface area contributed by atoms with Gasteiger partial charge in [-0.3, -0.25) is 9.69 Å². The fourth-order valence-corrected chi connectivity index (χ4v) is 4.10. The molecule has 174 valence electrons. The first kappa shape index (κ1) is 23.4. The van der Waals surface area contributed by atoms with Crippen LogP contribution in [0.5, 0.6) is 17.2 Å². The predicted molar refractivity (Wildman–Crippen MR) is 133 cm³/mol. The van der Waals surface area contributed by atoms with Crippen LogP contribution in [0.25, 0.3) is 6.08 Å². The van der Waals surface area contributed by atoms with Gasteiger partial charge in [-0.05, 0) is 48.0 Å². The van der Waals surface area contributed by atoms with E-state index in [0.29, 0.717) is 28.1 Å². The summed E-state index contributed by atoms with van der Waals surface area (Å²) in [5, 5.41) is 0.509. The van der Waals surface area contributed by atoms with Crippen molar-refractivity contribution in [2.24, 2.45) is 4.99 Å². The van der Waals surface area contributed by atoms with Crippen LogP contribution < -0.4 is 19.1 Å². The molecule has 3 aromatic rings. The minimum atomic E-state index is -0.413. The van der Waals surface area contributed by atoms with Crippen molar-refractivity contribution in [3.8, 4) is 17.2 Å². The zero-order chi connectivity index (χ0) is 23.9. The van der Waals surface area contributed by atoms with Crippen molar-refractivity contribution < 1.29 is 23.4 Å². The molecule has 0 radical (unpaired) electrons. The van der Waals surface area contributed by atoms with Crippen molar-refractivity contribution in [2.45, 2.75) is 0 Å². The van der Waals surface area contributed by atoms with E-state index in [1.165, 1.54) is 17.8 Å². The highest BCUT2D eigenvalue weighted by Crippen LogP contribution is 2.31. The molecule has 0 bridgehead atoms. The first-order valence-electron chi connectivity index (χ1n) is 10.5. The minimum absolute atomic E-state index is 0.192. The third-order valence-corrected chi connectivity index (χ3v) is 5.87. The number of benzene rings is 3. The molecule has 1 heterocycles. The van der Waals surface area contributed by atoms with Crippen LogP contribution in [0.3, 0.4) is 0 Å². The third-order valence-electron chi connectivity index (χ3n) is 4.97. The van der Waals surface area contributed by atoms with Crippen molar-refractivity contribution in [3.63, 3.8) is 0 Å². The molecular weight excluding hydrogens is 455 g/mol. The lowest BCUT2D eigenvalue weighted by Crippen LogP contribution is -2.30. The Morgan fingerprint density at radius 2 is 1.74 bits per heavy atom. The lowest BCUT2D eigenvalue weighted by molar-refractivity contribution is -0.113. The number of carbonyl (C=O) groups excluding carboxylic acids is 1. The number of rotatable bonds is 8. The van der Waals surface area contributed by atoms with Crippen molar-refractivity contribution in [2.75, 3.05) is 31.5 Å². The molecule has 1 aliphatic heterocycles. The number of hydrogen-bond donors (Lipinski definition) is 0. The summed E-state index contributed by atoms with van der Waals surface area (Å²) in [5.74, 6) is 1.36. The number of anilines is 1. The number of amidine groups is 1. The summed E-state index contributed by atoms with van der Waals surface area (Å²) in [5.41, 5.74) is 1.78. The number of halogens is 1. The van der Waals surface area contributed by atoms with Crippen LogP contribution in [0, 0.1) is 5.82 Å². The van der Waals surface area contributed by atoms with Crippen molar-refractivity contribution in [1.82, 2.24) is 0 Å². The number of nitrogens with zero attached hydrogens (tertiary/aromatic N) is 2. The SMILES string of the molecule is COc1ccc(/C=C2\N=C(SCCOc3ccccc3F)N(c3cccc(OC)c3)C2=O)cc1. The fraction of sp³-hybridized carbons (Fsp3) is 0.154. The Balaban J connectivity index is 1.55. The molecule has 8 heteroatoms. The first-order valence-corrected chi connectivity index (χ1v) is 11.5. The summed E-state index contributed by atoms with van der Waals surface area (Å²) in [7, 11) is 3.17. The van der Waals surface area contributed by atoms with Gasteiger partial charge < -0.3 is 14.2 Å². The zero-order valence-corrected chi connectivity index (χ0v) is 19.5. The molecule has 3 aromatic carbocycles. The Morgan fingerprint density at radius 3 is 2.47 bits per heavy atom. The monoisotopic (exact) mass is 478 g/mol.